The Bertz CT molecular complexity index is 586. The molecular weight excluding hydrogens is 236 g/mol. The summed E-state index contributed by atoms with van der Waals surface area (Å²) in [7, 11) is 0. The van der Waals surface area contributed by atoms with Crippen molar-refractivity contribution in [2.45, 2.75) is 39.7 Å². The van der Waals surface area contributed by atoms with Crippen LogP contribution in [-0.2, 0) is 25.8 Å². The number of nitrogens with zero attached hydrogens (tertiary/aromatic N) is 3. The summed E-state index contributed by atoms with van der Waals surface area (Å²) in [5, 5.41) is 8.10. The molecule has 0 saturated carbocycles. The number of benzene rings is 1. The van der Waals surface area contributed by atoms with Gasteiger partial charge in [-0.2, -0.15) is 5.10 Å². The van der Waals surface area contributed by atoms with Gasteiger partial charge in [0, 0.05) is 19.4 Å². The summed E-state index contributed by atoms with van der Waals surface area (Å²) in [5.74, 6) is 1.98. The predicted octanol–water partition coefficient (Wildman–Crippen LogP) is 2.04. The quantitative estimate of drug-likeness (QED) is 0.914. The van der Waals surface area contributed by atoms with Gasteiger partial charge in [0.05, 0.1) is 5.69 Å². The summed E-state index contributed by atoms with van der Waals surface area (Å²) in [5.41, 5.74) is 4.00. The molecule has 1 aliphatic heterocycles. The van der Waals surface area contributed by atoms with Crippen molar-refractivity contribution in [1.29, 1.82) is 0 Å². The molecule has 0 saturated heterocycles. The van der Waals surface area contributed by atoms with Gasteiger partial charge in [0.15, 0.2) is 5.82 Å². The van der Waals surface area contributed by atoms with Crippen LogP contribution in [0, 0.1) is 0 Å². The fourth-order valence-corrected chi connectivity index (χ4v) is 2.66. The van der Waals surface area contributed by atoms with Crippen LogP contribution in [-0.4, -0.2) is 21.3 Å². The molecule has 3 rings (SSSR count). The summed E-state index contributed by atoms with van der Waals surface area (Å²) in [4.78, 5) is 4.60. The van der Waals surface area contributed by atoms with Crippen LogP contribution in [0.4, 0.5) is 0 Å². The zero-order valence-corrected chi connectivity index (χ0v) is 11.6. The van der Waals surface area contributed by atoms with Crippen LogP contribution in [0.5, 0.6) is 0 Å². The monoisotopic (exact) mass is 256 g/mol. The zero-order valence-electron chi connectivity index (χ0n) is 11.6. The van der Waals surface area contributed by atoms with E-state index in [2.05, 4.69) is 47.4 Å². The Balaban J connectivity index is 2.13. The molecule has 0 fully saturated rings. The lowest BCUT2D eigenvalue weighted by molar-refractivity contribution is 0.634. The molecule has 1 aliphatic rings. The summed E-state index contributed by atoms with van der Waals surface area (Å²) < 4.78 is 2.03. The number of fused-ring (bicyclic) bond motifs is 1. The predicted molar refractivity (Wildman–Crippen MR) is 75.5 cm³/mol. The normalized spacial score (nSPS) is 14.4. The van der Waals surface area contributed by atoms with Crippen LogP contribution in [0.1, 0.15) is 36.6 Å². The van der Waals surface area contributed by atoms with Gasteiger partial charge in [0.1, 0.15) is 5.82 Å². The van der Waals surface area contributed by atoms with Crippen molar-refractivity contribution < 1.29 is 0 Å². The van der Waals surface area contributed by atoms with E-state index in [9.17, 15) is 0 Å². The van der Waals surface area contributed by atoms with Gasteiger partial charge in [-0.05, 0) is 30.2 Å². The van der Waals surface area contributed by atoms with Gasteiger partial charge in [-0.15, -0.1) is 0 Å². The second-order valence-electron chi connectivity index (χ2n) is 4.90. The maximum absolute atomic E-state index is 4.66. The van der Waals surface area contributed by atoms with Crippen LogP contribution in [0.15, 0.2) is 18.2 Å². The van der Waals surface area contributed by atoms with Gasteiger partial charge < -0.3 is 5.32 Å². The summed E-state index contributed by atoms with van der Waals surface area (Å²) in [6, 6.07) is 6.51. The maximum atomic E-state index is 4.66. The number of rotatable bonds is 3. The topological polar surface area (TPSA) is 42.7 Å². The van der Waals surface area contributed by atoms with Gasteiger partial charge in [0.25, 0.3) is 0 Å². The van der Waals surface area contributed by atoms with E-state index in [0.29, 0.717) is 0 Å². The van der Waals surface area contributed by atoms with Crippen LogP contribution < -0.4 is 5.32 Å². The zero-order chi connectivity index (χ0) is 13.2. The maximum Gasteiger partial charge on any atom is 0.151 e. The highest BCUT2D eigenvalue weighted by Crippen LogP contribution is 2.22. The van der Waals surface area contributed by atoms with Crippen molar-refractivity contribution >= 4 is 0 Å². The Morgan fingerprint density at radius 1 is 1.26 bits per heavy atom. The summed E-state index contributed by atoms with van der Waals surface area (Å²) >= 11 is 0. The number of nitrogens with one attached hydrogen (secondary N) is 1. The molecule has 0 amide bonds. The van der Waals surface area contributed by atoms with E-state index >= 15 is 0 Å². The lowest BCUT2D eigenvalue weighted by Gasteiger charge is -2.20. The average molecular weight is 256 g/mol. The van der Waals surface area contributed by atoms with Crippen LogP contribution in [0.2, 0.25) is 0 Å². The molecule has 0 unspecified atom stereocenters. The molecule has 100 valence electrons. The first kappa shape index (κ1) is 12.4. The fraction of sp³-hybridized carbons (Fsp3) is 0.467. The minimum atomic E-state index is 0.882. The molecule has 2 heterocycles. The Morgan fingerprint density at radius 2 is 2.16 bits per heavy atom. The number of hydrogen-bond donors (Lipinski definition) is 1. The van der Waals surface area contributed by atoms with E-state index in [0.717, 1.165) is 44.0 Å². The van der Waals surface area contributed by atoms with Crippen molar-refractivity contribution in [2.75, 3.05) is 6.54 Å². The van der Waals surface area contributed by atoms with E-state index in [1.165, 1.54) is 16.8 Å². The molecule has 0 spiro atoms. The van der Waals surface area contributed by atoms with E-state index in [1.807, 2.05) is 4.68 Å². The van der Waals surface area contributed by atoms with Crippen LogP contribution in [0.3, 0.4) is 0 Å². The smallest absolute Gasteiger partial charge is 0.151 e. The van der Waals surface area contributed by atoms with Gasteiger partial charge in [0.2, 0.25) is 0 Å². The molecule has 0 aliphatic carbocycles. The standard InChI is InChI=1S/C15H20N4/c1-3-14-17-15(4-2)19(18-14)13-7-5-6-11-8-9-16-10-12(11)13/h5-7,16H,3-4,8-10H2,1-2H3. The van der Waals surface area contributed by atoms with Gasteiger partial charge >= 0.3 is 0 Å². The van der Waals surface area contributed by atoms with Crippen LogP contribution in [0.25, 0.3) is 5.69 Å². The highest BCUT2D eigenvalue weighted by molar-refractivity contribution is 5.47. The number of hydrogen-bond acceptors (Lipinski definition) is 3. The lowest BCUT2D eigenvalue weighted by Crippen LogP contribution is -2.25. The first-order chi connectivity index (χ1) is 9.33. The fourth-order valence-electron chi connectivity index (χ4n) is 2.66. The molecule has 1 N–H and O–H groups in total. The minimum absolute atomic E-state index is 0.882. The Kier molecular flexibility index (Phi) is 3.34. The number of aryl methyl sites for hydroxylation is 2. The molecule has 0 bridgehead atoms. The van der Waals surface area contributed by atoms with Crippen molar-refractivity contribution in [1.82, 2.24) is 20.1 Å². The Hall–Kier alpha value is -1.68. The third-order valence-corrected chi connectivity index (χ3v) is 3.70. The highest BCUT2D eigenvalue weighted by atomic mass is 15.4. The molecule has 2 aromatic rings. The molecule has 19 heavy (non-hydrogen) atoms. The average Bonchev–Trinajstić information content (AvgIpc) is 2.90. The first-order valence-corrected chi connectivity index (χ1v) is 7.10. The second-order valence-corrected chi connectivity index (χ2v) is 4.90. The van der Waals surface area contributed by atoms with Gasteiger partial charge in [-0.25, -0.2) is 9.67 Å². The lowest BCUT2D eigenvalue weighted by atomic mass is 9.99. The summed E-state index contributed by atoms with van der Waals surface area (Å²) in [6.07, 6.45) is 2.89. The van der Waals surface area contributed by atoms with Crippen molar-refractivity contribution in [3.8, 4) is 5.69 Å². The molecule has 0 radical (unpaired) electrons. The van der Waals surface area contributed by atoms with E-state index in [-0.39, 0.29) is 0 Å². The Labute approximate surface area is 113 Å². The molecule has 4 nitrogen and oxygen atoms in total. The van der Waals surface area contributed by atoms with E-state index < -0.39 is 0 Å². The number of aromatic nitrogens is 3. The third-order valence-electron chi connectivity index (χ3n) is 3.70. The molecule has 4 heteroatoms. The second kappa shape index (κ2) is 5.13. The summed E-state index contributed by atoms with van der Waals surface area (Å²) in [6.45, 7) is 6.22. The molecule has 0 atom stereocenters. The molecule has 1 aromatic heterocycles. The Morgan fingerprint density at radius 3 is 2.95 bits per heavy atom. The SMILES string of the molecule is CCc1nc(CC)n(-c2cccc3c2CNCC3)n1. The van der Waals surface area contributed by atoms with E-state index in [1.54, 1.807) is 0 Å². The van der Waals surface area contributed by atoms with Gasteiger partial charge in [-0.3, -0.25) is 0 Å². The first-order valence-electron chi connectivity index (χ1n) is 7.10. The largest absolute Gasteiger partial charge is 0.312 e. The highest BCUT2D eigenvalue weighted by Gasteiger charge is 2.17. The molecular formula is C15H20N4. The van der Waals surface area contributed by atoms with Crippen molar-refractivity contribution in [2.24, 2.45) is 0 Å². The minimum Gasteiger partial charge on any atom is -0.312 e. The third kappa shape index (κ3) is 2.16. The molecule has 1 aromatic carbocycles. The van der Waals surface area contributed by atoms with E-state index in [4.69, 9.17) is 0 Å². The van der Waals surface area contributed by atoms with Crippen LogP contribution >= 0.6 is 0 Å². The van der Waals surface area contributed by atoms with Gasteiger partial charge in [-0.1, -0.05) is 26.0 Å². The van der Waals surface area contributed by atoms with Crippen molar-refractivity contribution in [3.63, 3.8) is 0 Å². The van der Waals surface area contributed by atoms with Crippen molar-refractivity contribution in [3.05, 3.63) is 41.0 Å².